The fraction of sp³-hybridized carbons (Fsp3) is 0.174. The topological polar surface area (TPSA) is 68.0 Å². The molecule has 0 unspecified atom stereocenters. The SMILES string of the molecule is C[C@]1(c2ccc([N+](=O)[O-])cc2)Oc2ccc(Cl)cc2[C@@H]2CC(c3ccc(Br)cc3)=NN21. The van der Waals surface area contributed by atoms with Crippen molar-refractivity contribution in [3.63, 3.8) is 0 Å². The number of hydrazone groups is 1. The first-order valence-corrected chi connectivity index (χ1v) is 10.9. The van der Waals surface area contributed by atoms with Gasteiger partial charge in [0.15, 0.2) is 0 Å². The molecule has 0 aliphatic carbocycles. The second kappa shape index (κ2) is 7.35. The molecule has 0 aromatic heterocycles. The third kappa shape index (κ3) is 3.38. The van der Waals surface area contributed by atoms with Crippen molar-refractivity contribution < 1.29 is 9.66 Å². The van der Waals surface area contributed by atoms with Crippen molar-refractivity contribution in [3.05, 3.63) is 103 Å². The molecule has 2 aliphatic heterocycles. The zero-order chi connectivity index (χ0) is 21.8. The number of hydrogen-bond donors (Lipinski definition) is 0. The molecule has 0 amide bonds. The molecule has 6 nitrogen and oxygen atoms in total. The minimum absolute atomic E-state index is 0.0346. The highest BCUT2D eigenvalue weighted by atomic mass is 79.9. The molecule has 0 bridgehead atoms. The van der Waals surface area contributed by atoms with Crippen LogP contribution in [0.4, 0.5) is 5.69 Å². The maximum absolute atomic E-state index is 11.1. The summed E-state index contributed by atoms with van der Waals surface area (Å²) in [5.74, 6) is 0.735. The lowest BCUT2D eigenvalue weighted by Gasteiger charge is -2.46. The fourth-order valence-electron chi connectivity index (χ4n) is 4.18. The van der Waals surface area contributed by atoms with Gasteiger partial charge in [0.1, 0.15) is 5.75 Å². The molecule has 0 spiro atoms. The Morgan fingerprint density at radius 2 is 1.87 bits per heavy atom. The van der Waals surface area contributed by atoms with Crippen molar-refractivity contribution in [1.29, 1.82) is 0 Å². The molecule has 156 valence electrons. The van der Waals surface area contributed by atoms with E-state index in [2.05, 4.69) is 15.9 Å². The maximum atomic E-state index is 11.1. The molecule has 0 N–H and O–H groups in total. The molecule has 31 heavy (non-hydrogen) atoms. The molecule has 0 radical (unpaired) electrons. The van der Waals surface area contributed by atoms with E-state index in [0.717, 1.165) is 32.6 Å². The number of hydrogen-bond acceptors (Lipinski definition) is 5. The molecule has 3 aromatic rings. The van der Waals surface area contributed by atoms with Gasteiger partial charge in [0, 0.05) is 46.1 Å². The molecule has 0 fully saturated rings. The minimum atomic E-state index is -0.933. The van der Waals surface area contributed by atoms with E-state index in [-0.39, 0.29) is 11.7 Å². The fourth-order valence-corrected chi connectivity index (χ4v) is 4.62. The number of nitro groups is 1. The Morgan fingerprint density at radius 3 is 2.55 bits per heavy atom. The summed E-state index contributed by atoms with van der Waals surface area (Å²) < 4.78 is 7.46. The average molecular weight is 499 g/mol. The van der Waals surface area contributed by atoms with Crippen LogP contribution in [0.5, 0.6) is 5.75 Å². The van der Waals surface area contributed by atoms with E-state index in [1.165, 1.54) is 12.1 Å². The van der Waals surface area contributed by atoms with Crippen LogP contribution >= 0.6 is 27.5 Å². The maximum Gasteiger partial charge on any atom is 0.269 e. The van der Waals surface area contributed by atoms with Crippen molar-refractivity contribution in [1.82, 2.24) is 5.01 Å². The van der Waals surface area contributed by atoms with Crippen LogP contribution < -0.4 is 4.74 Å². The predicted octanol–water partition coefficient (Wildman–Crippen LogP) is 6.43. The van der Waals surface area contributed by atoms with Gasteiger partial charge in [-0.05, 0) is 48.0 Å². The normalized spacial score (nSPS) is 21.7. The Morgan fingerprint density at radius 1 is 1.16 bits per heavy atom. The highest BCUT2D eigenvalue weighted by Crippen LogP contribution is 2.51. The summed E-state index contributed by atoms with van der Waals surface area (Å²) in [6.07, 6.45) is 0.695. The predicted molar refractivity (Wildman–Crippen MR) is 122 cm³/mol. The van der Waals surface area contributed by atoms with Gasteiger partial charge >= 0.3 is 0 Å². The largest absolute Gasteiger partial charge is 0.462 e. The second-order valence-corrected chi connectivity index (χ2v) is 9.04. The van der Waals surface area contributed by atoms with E-state index in [4.69, 9.17) is 21.4 Å². The summed E-state index contributed by atoms with van der Waals surface area (Å²) in [4.78, 5) is 10.7. The molecular formula is C23H17BrClN3O3. The third-order valence-corrected chi connectivity index (χ3v) is 6.54. The Balaban J connectivity index is 1.63. The van der Waals surface area contributed by atoms with Crippen molar-refractivity contribution in [2.45, 2.75) is 25.1 Å². The molecule has 2 aliphatic rings. The van der Waals surface area contributed by atoms with Crippen LogP contribution in [0.1, 0.15) is 36.1 Å². The molecular weight excluding hydrogens is 482 g/mol. The number of benzene rings is 3. The number of non-ortho nitro benzene ring substituents is 1. The van der Waals surface area contributed by atoms with Crippen LogP contribution in [0, 0.1) is 10.1 Å². The van der Waals surface area contributed by atoms with Crippen LogP contribution in [0.15, 0.2) is 76.3 Å². The zero-order valence-electron chi connectivity index (χ0n) is 16.5. The second-order valence-electron chi connectivity index (χ2n) is 7.69. The van der Waals surface area contributed by atoms with Gasteiger partial charge in [0.05, 0.1) is 16.7 Å². The smallest absolute Gasteiger partial charge is 0.269 e. The van der Waals surface area contributed by atoms with Crippen LogP contribution in [0.25, 0.3) is 0 Å². The molecule has 2 heterocycles. The Kier molecular flexibility index (Phi) is 4.75. The van der Waals surface area contributed by atoms with Gasteiger partial charge in [0.25, 0.3) is 5.69 Å². The van der Waals surface area contributed by atoms with Crippen molar-refractivity contribution in [3.8, 4) is 5.75 Å². The van der Waals surface area contributed by atoms with E-state index in [0.29, 0.717) is 11.4 Å². The highest BCUT2D eigenvalue weighted by Gasteiger charge is 2.49. The first kappa shape index (κ1) is 20.0. The molecule has 5 rings (SSSR count). The quantitative estimate of drug-likeness (QED) is 0.308. The zero-order valence-corrected chi connectivity index (χ0v) is 18.8. The van der Waals surface area contributed by atoms with Crippen LogP contribution in [-0.4, -0.2) is 15.6 Å². The van der Waals surface area contributed by atoms with E-state index < -0.39 is 10.6 Å². The van der Waals surface area contributed by atoms with Crippen LogP contribution in [0.3, 0.4) is 0 Å². The van der Waals surface area contributed by atoms with E-state index >= 15 is 0 Å². The Bertz CT molecular complexity index is 1210. The van der Waals surface area contributed by atoms with Crippen molar-refractivity contribution in [2.24, 2.45) is 5.10 Å². The Labute approximate surface area is 192 Å². The summed E-state index contributed by atoms with van der Waals surface area (Å²) in [5.41, 5.74) is 2.84. The monoisotopic (exact) mass is 497 g/mol. The number of halogens is 2. The average Bonchev–Trinajstić information content (AvgIpc) is 3.22. The molecule has 3 aromatic carbocycles. The van der Waals surface area contributed by atoms with E-state index in [1.54, 1.807) is 18.2 Å². The highest BCUT2D eigenvalue weighted by molar-refractivity contribution is 9.10. The molecule has 2 atom stereocenters. The van der Waals surface area contributed by atoms with Gasteiger partial charge in [-0.15, -0.1) is 0 Å². The standard InChI is InChI=1S/C23H17BrClN3O3/c1-23(15-4-9-18(10-5-15)28(29)30)27-21(19-12-17(25)8-11-22(19)31-23)13-20(26-27)14-2-6-16(24)7-3-14/h2-12,21H,13H2,1H3/t21-,23+/m0/s1. The molecule has 0 saturated carbocycles. The first-order valence-electron chi connectivity index (χ1n) is 9.71. The summed E-state index contributed by atoms with van der Waals surface area (Å²) in [7, 11) is 0. The molecule has 8 heteroatoms. The van der Waals surface area contributed by atoms with Crippen LogP contribution in [-0.2, 0) is 5.72 Å². The third-order valence-electron chi connectivity index (χ3n) is 5.78. The Hall–Kier alpha value is -2.90. The number of rotatable bonds is 3. The minimum Gasteiger partial charge on any atom is -0.462 e. The van der Waals surface area contributed by atoms with Gasteiger partial charge < -0.3 is 4.74 Å². The summed E-state index contributed by atoms with van der Waals surface area (Å²) in [6.45, 7) is 1.94. The molecule has 0 saturated heterocycles. The van der Waals surface area contributed by atoms with Gasteiger partial charge in [-0.2, -0.15) is 5.10 Å². The summed E-state index contributed by atoms with van der Waals surface area (Å²) in [5, 5.41) is 18.6. The lowest BCUT2D eigenvalue weighted by molar-refractivity contribution is -0.384. The first-order chi connectivity index (χ1) is 14.8. The number of nitrogens with zero attached hydrogens (tertiary/aromatic N) is 3. The lowest BCUT2D eigenvalue weighted by atomic mass is 9.92. The number of fused-ring (bicyclic) bond motifs is 3. The van der Waals surface area contributed by atoms with Gasteiger partial charge in [0.2, 0.25) is 5.72 Å². The van der Waals surface area contributed by atoms with Gasteiger partial charge in [-0.1, -0.05) is 39.7 Å². The van der Waals surface area contributed by atoms with Crippen molar-refractivity contribution >= 4 is 38.9 Å². The summed E-state index contributed by atoms with van der Waals surface area (Å²) in [6, 6.07) is 20.0. The summed E-state index contributed by atoms with van der Waals surface area (Å²) >= 11 is 9.77. The van der Waals surface area contributed by atoms with Gasteiger partial charge in [-0.3, -0.25) is 10.1 Å². The number of nitro benzene ring substituents is 1. The van der Waals surface area contributed by atoms with E-state index in [9.17, 15) is 10.1 Å². The van der Waals surface area contributed by atoms with E-state index in [1.807, 2.05) is 48.3 Å². The number of ether oxygens (including phenoxy) is 1. The van der Waals surface area contributed by atoms with Gasteiger partial charge in [-0.25, -0.2) is 5.01 Å². The van der Waals surface area contributed by atoms with Crippen molar-refractivity contribution in [2.75, 3.05) is 0 Å². The lowest BCUT2D eigenvalue weighted by Crippen LogP contribution is -2.48. The van der Waals surface area contributed by atoms with Crippen LogP contribution in [0.2, 0.25) is 5.02 Å².